The van der Waals surface area contributed by atoms with E-state index in [1.807, 2.05) is 12.1 Å². The zero-order valence-electron chi connectivity index (χ0n) is 14.2. The van der Waals surface area contributed by atoms with Crippen molar-refractivity contribution in [3.8, 4) is 0 Å². The molecule has 0 aliphatic carbocycles. The SMILES string of the molecule is CCN(CC)CC(C)NC(=O)C1Cc2ccccc2CN1.Cl.Cl. The van der Waals surface area contributed by atoms with Crippen molar-refractivity contribution >= 4 is 30.7 Å². The Labute approximate surface area is 152 Å². The van der Waals surface area contributed by atoms with Crippen LogP contribution in [0.1, 0.15) is 31.9 Å². The van der Waals surface area contributed by atoms with Gasteiger partial charge in [0.25, 0.3) is 0 Å². The minimum atomic E-state index is -0.112. The van der Waals surface area contributed by atoms with Gasteiger partial charge >= 0.3 is 0 Å². The van der Waals surface area contributed by atoms with Crippen LogP contribution in [-0.4, -0.2) is 42.5 Å². The Bertz CT molecular complexity index is 481. The zero-order valence-corrected chi connectivity index (χ0v) is 15.8. The number of halogens is 2. The fourth-order valence-electron chi connectivity index (χ4n) is 2.90. The number of carbonyl (C=O) groups excluding carboxylic acids is 1. The predicted octanol–water partition coefficient (Wildman–Crippen LogP) is 2.39. The summed E-state index contributed by atoms with van der Waals surface area (Å²) in [5.74, 6) is 0.115. The highest BCUT2D eigenvalue weighted by Gasteiger charge is 2.24. The highest BCUT2D eigenvalue weighted by molar-refractivity contribution is 5.85. The van der Waals surface area contributed by atoms with Crippen LogP contribution in [0, 0.1) is 0 Å². The molecule has 132 valence electrons. The second kappa shape index (κ2) is 10.9. The van der Waals surface area contributed by atoms with E-state index in [4.69, 9.17) is 0 Å². The lowest BCUT2D eigenvalue weighted by Gasteiger charge is -2.28. The van der Waals surface area contributed by atoms with Crippen molar-refractivity contribution < 1.29 is 4.79 Å². The molecule has 0 saturated carbocycles. The van der Waals surface area contributed by atoms with Crippen molar-refractivity contribution in [2.24, 2.45) is 0 Å². The number of nitrogens with one attached hydrogen (secondary N) is 2. The topological polar surface area (TPSA) is 44.4 Å². The third kappa shape index (κ3) is 6.30. The molecule has 1 amide bonds. The van der Waals surface area contributed by atoms with Crippen molar-refractivity contribution in [2.45, 2.75) is 45.8 Å². The van der Waals surface area contributed by atoms with Crippen molar-refractivity contribution in [2.75, 3.05) is 19.6 Å². The summed E-state index contributed by atoms with van der Waals surface area (Å²) in [7, 11) is 0. The Hall–Kier alpha value is -0.810. The molecule has 4 nitrogen and oxygen atoms in total. The maximum atomic E-state index is 12.4. The van der Waals surface area contributed by atoms with Crippen LogP contribution in [-0.2, 0) is 17.8 Å². The standard InChI is InChI=1S/C17H27N3O.2ClH/c1-4-20(5-2)12-13(3)19-17(21)16-10-14-8-6-7-9-15(14)11-18-16;;/h6-9,13,16,18H,4-5,10-12H2,1-3H3,(H,19,21);2*1H. The van der Waals surface area contributed by atoms with Crippen molar-refractivity contribution in [3.63, 3.8) is 0 Å². The Morgan fingerprint density at radius 1 is 1.26 bits per heavy atom. The van der Waals surface area contributed by atoms with Gasteiger partial charge in [-0.3, -0.25) is 4.79 Å². The Morgan fingerprint density at radius 3 is 2.48 bits per heavy atom. The number of benzene rings is 1. The first-order valence-electron chi connectivity index (χ1n) is 7.96. The van der Waals surface area contributed by atoms with Crippen LogP contribution in [0.3, 0.4) is 0 Å². The molecular formula is C17H29Cl2N3O. The lowest BCUT2D eigenvalue weighted by atomic mass is 9.95. The molecule has 0 saturated heterocycles. The predicted molar refractivity (Wildman–Crippen MR) is 101 cm³/mol. The highest BCUT2D eigenvalue weighted by atomic mass is 35.5. The molecule has 0 spiro atoms. The smallest absolute Gasteiger partial charge is 0.237 e. The first kappa shape index (κ1) is 22.2. The van der Waals surface area contributed by atoms with Gasteiger partial charge in [0.1, 0.15) is 0 Å². The molecule has 2 N–H and O–H groups in total. The summed E-state index contributed by atoms with van der Waals surface area (Å²) >= 11 is 0. The third-order valence-electron chi connectivity index (χ3n) is 4.21. The maximum absolute atomic E-state index is 12.4. The Morgan fingerprint density at radius 2 is 1.87 bits per heavy atom. The summed E-state index contributed by atoms with van der Waals surface area (Å²) in [5.41, 5.74) is 2.59. The first-order chi connectivity index (χ1) is 10.1. The van der Waals surface area contributed by atoms with Gasteiger partial charge in [0, 0.05) is 19.1 Å². The number of hydrogen-bond acceptors (Lipinski definition) is 3. The van der Waals surface area contributed by atoms with E-state index in [-0.39, 0.29) is 42.8 Å². The van der Waals surface area contributed by atoms with Gasteiger partial charge in [-0.2, -0.15) is 0 Å². The summed E-state index contributed by atoms with van der Waals surface area (Å²) in [4.78, 5) is 14.7. The minimum absolute atomic E-state index is 0. The van der Waals surface area contributed by atoms with Crippen molar-refractivity contribution in [3.05, 3.63) is 35.4 Å². The van der Waals surface area contributed by atoms with Gasteiger partial charge < -0.3 is 15.5 Å². The van der Waals surface area contributed by atoms with Crippen LogP contribution >= 0.6 is 24.8 Å². The molecule has 1 aromatic rings. The van der Waals surface area contributed by atoms with Gasteiger partial charge in [0.2, 0.25) is 5.91 Å². The van der Waals surface area contributed by atoms with E-state index in [9.17, 15) is 4.79 Å². The van der Waals surface area contributed by atoms with Crippen LogP contribution in [0.25, 0.3) is 0 Å². The molecule has 0 aromatic heterocycles. The van der Waals surface area contributed by atoms with E-state index in [2.05, 4.69) is 48.4 Å². The average molecular weight is 362 g/mol. The Kier molecular flexibility index (Phi) is 10.5. The number of fused-ring (bicyclic) bond motifs is 1. The molecule has 1 aliphatic heterocycles. The lowest BCUT2D eigenvalue weighted by Crippen LogP contribution is -2.52. The molecular weight excluding hydrogens is 333 g/mol. The van der Waals surface area contributed by atoms with E-state index in [0.717, 1.165) is 32.6 Å². The molecule has 0 fully saturated rings. The van der Waals surface area contributed by atoms with Crippen LogP contribution in [0.4, 0.5) is 0 Å². The van der Waals surface area contributed by atoms with E-state index >= 15 is 0 Å². The first-order valence-corrected chi connectivity index (χ1v) is 7.96. The summed E-state index contributed by atoms with van der Waals surface area (Å²) in [6.07, 6.45) is 0.778. The lowest BCUT2D eigenvalue weighted by molar-refractivity contribution is -0.124. The molecule has 2 unspecified atom stereocenters. The van der Waals surface area contributed by atoms with Gasteiger partial charge in [-0.05, 0) is 37.6 Å². The third-order valence-corrected chi connectivity index (χ3v) is 4.21. The van der Waals surface area contributed by atoms with E-state index in [1.165, 1.54) is 11.1 Å². The summed E-state index contributed by atoms with van der Waals surface area (Å²) in [6, 6.07) is 8.40. The number of carbonyl (C=O) groups is 1. The monoisotopic (exact) mass is 361 g/mol. The van der Waals surface area contributed by atoms with Gasteiger partial charge in [0.05, 0.1) is 6.04 Å². The zero-order chi connectivity index (χ0) is 15.2. The molecule has 2 rings (SSSR count). The second-order valence-electron chi connectivity index (χ2n) is 5.80. The van der Waals surface area contributed by atoms with E-state index in [1.54, 1.807) is 0 Å². The number of amides is 1. The van der Waals surface area contributed by atoms with Gasteiger partial charge in [-0.1, -0.05) is 38.1 Å². The molecule has 2 atom stereocenters. The number of rotatable bonds is 6. The van der Waals surface area contributed by atoms with E-state index < -0.39 is 0 Å². The van der Waals surface area contributed by atoms with Crippen LogP contribution in [0.15, 0.2) is 24.3 Å². The molecule has 6 heteroatoms. The van der Waals surface area contributed by atoms with Crippen molar-refractivity contribution in [1.29, 1.82) is 0 Å². The Balaban J connectivity index is 0.00000242. The number of nitrogens with zero attached hydrogens (tertiary/aromatic N) is 1. The fraction of sp³-hybridized carbons (Fsp3) is 0.588. The van der Waals surface area contributed by atoms with Crippen LogP contribution < -0.4 is 10.6 Å². The van der Waals surface area contributed by atoms with E-state index in [0.29, 0.717) is 0 Å². The fourth-order valence-corrected chi connectivity index (χ4v) is 2.90. The molecule has 1 aromatic carbocycles. The van der Waals surface area contributed by atoms with Gasteiger partial charge in [-0.25, -0.2) is 0 Å². The van der Waals surface area contributed by atoms with Gasteiger partial charge in [-0.15, -0.1) is 24.8 Å². The van der Waals surface area contributed by atoms with Crippen molar-refractivity contribution in [1.82, 2.24) is 15.5 Å². The van der Waals surface area contributed by atoms with Crippen LogP contribution in [0.5, 0.6) is 0 Å². The average Bonchev–Trinajstić information content (AvgIpc) is 2.52. The summed E-state index contributed by atoms with van der Waals surface area (Å²) in [6.45, 7) is 10.1. The number of hydrogen-bond donors (Lipinski definition) is 2. The molecule has 1 aliphatic rings. The van der Waals surface area contributed by atoms with Crippen LogP contribution in [0.2, 0.25) is 0 Å². The summed E-state index contributed by atoms with van der Waals surface area (Å²) < 4.78 is 0. The minimum Gasteiger partial charge on any atom is -0.351 e. The largest absolute Gasteiger partial charge is 0.351 e. The molecule has 0 bridgehead atoms. The normalized spacial score (nSPS) is 17.5. The number of likely N-dealkylation sites (N-methyl/N-ethyl adjacent to an activating group) is 1. The molecule has 23 heavy (non-hydrogen) atoms. The highest BCUT2D eigenvalue weighted by Crippen LogP contribution is 2.16. The molecule has 0 radical (unpaired) electrons. The second-order valence-corrected chi connectivity index (χ2v) is 5.80. The van der Waals surface area contributed by atoms with Gasteiger partial charge in [0.15, 0.2) is 0 Å². The maximum Gasteiger partial charge on any atom is 0.237 e. The molecule has 1 heterocycles. The quantitative estimate of drug-likeness (QED) is 0.817. The summed E-state index contributed by atoms with van der Waals surface area (Å²) in [5, 5.41) is 6.47.